The van der Waals surface area contributed by atoms with Crippen molar-refractivity contribution in [3.8, 4) is 39.8 Å². The lowest BCUT2D eigenvalue weighted by Gasteiger charge is -2.22. The first kappa shape index (κ1) is 40.1. The number of carbonyl (C=O) groups is 2. The van der Waals surface area contributed by atoms with Gasteiger partial charge >= 0.3 is 12.1 Å². The molecule has 1 heterocycles. The van der Waals surface area contributed by atoms with Crippen LogP contribution in [0.2, 0.25) is 5.02 Å². The third-order valence-electron chi connectivity index (χ3n) is 10.8. The number of aromatic nitrogens is 1. The number of Topliss-reactive ketones (excluding diaryl/α,β-unsaturated/α-hetero) is 1. The average Bonchev–Trinajstić information content (AvgIpc) is 3.76. The number of pyridine rings is 1. The third kappa shape index (κ3) is 8.94. The lowest BCUT2D eigenvalue weighted by molar-refractivity contribution is -0.147. The van der Waals surface area contributed by atoms with Gasteiger partial charge in [0.2, 0.25) is 5.88 Å². The molecule has 0 aliphatic heterocycles. The van der Waals surface area contributed by atoms with Gasteiger partial charge in [-0.25, -0.2) is 4.98 Å². The fraction of sp³-hybridized carbons (Fsp3) is 0.419. The fourth-order valence-corrected chi connectivity index (χ4v) is 7.95. The summed E-state index contributed by atoms with van der Waals surface area (Å²) in [4.78, 5) is 28.0. The van der Waals surface area contributed by atoms with E-state index in [-0.39, 0.29) is 17.9 Å². The second-order valence-electron chi connectivity index (χ2n) is 15.0. The minimum Gasteiger partial charge on any atom is -0.496 e. The molecule has 3 aromatic carbocycles. The molecule has 0 radical (unpaired) electrons. The van der Waals surface area contributed by atoms with E-state index < -0.39 is 29.2 Å². The molecule has 55 heavy (non-hydrogen) atoms. The van der Waals surface area contributed by atoms with Crippen LogP contribution in [0.25, 0.3) is 22.4 Å². The maximum atomic E-state index is 14.5. The van der Waals surface area contributed by atoms with E-state index in [0.29, 0.717) is 84.5 Å². The molecular weight excluding hydrogens is 733 g/mol. The molecule has 8 nitrogen and oxygen atoms in total. The minimum absolute atomic E-state index is 0.215. The van der Waals surface area contributed by atoms with Crippen molar-refractivity contribution in [3.05, 3.63) is 93.5 Å². The van der Waals surface area contributed by atoms with Crippen LogP contribution in [0.15, 0.2) is 60.7 Å². The molecule has 1 fully saturated rings. The second kappa shape index (κ2) is 16.6. The van der Waals surface area contributed by atoms with Gasteiger partial charge in [0.05, 0.1) is 35.9 Å². The minimum atomic E-state index is -4.70. The monoisotopic (exact) mass is 778 g/mol. The molecule has 0 saturated heterocycles. The summed E-state index contributed by atoms with van der Waals surface area (Å²) in [5.74, 6) is 0.108. The van der Waals surface area contributed by atoms with Crippen LogP contribution in [0, 0.1) is 11.3 Å². The molecule has 2 N–H and O–H groups in total. The van der Waals surface area contributed by atoms with Crippen LogP contribution in [0.3, 0.4) is 0 Å². The maximum Gasteiger partial charge on any atom is 0.419 e. The third-order valence-corrected chi connectivity index (χ3v) is 11.2. The summed E-state index contributed by atoms with van der Waals surface area (Å²) >= 11 is 7.12. The van der Waals surface area contributed by atoms with Gasteiger partial charge in [0.25, 0.3) is 0 Å². The molecule has 292 valence electrons. The smallest absolute Gasteiger partial charge is 0.419 e. The number of halogens is 4. The highest BCUT2D eigenvalue weighted by atomic mass is 35.5. The van der Waals surface area contributed by atoms with Crippen LogP contribution in [0.4, 0.5) is 13.2 Å². The number of alkyl halides is 3. The number of fused-ring (bicyclic) bond motifs is 1. The lowest BCUT2D eigenvalue weighted by atomic mass is 9.86. The Labute approximate surface area is 324 Å². The Morgan fingerprint density at radius 2 is 1.69 bits per heavy atom. The van der Waals surface area contributed by atoms with Gasteiger partial charge in [0.15, 0.2) is 0 Å². The van der Waals surface area contributed by atoms with Gasteiger partial charge in [0.1, 0.15) is 23.4 Å². The van der Waals surface area contributed by atoms with E-state index in [2.05, 4.69) is 5.32 Å². The number of ether oxygens (including phenoxy) is 3. The predicted molar refractivity (Wildman–Crippen MR) is 205 cm³/mol. The van der Waals surface area contributed by atoms with Gasteiger partial charge in [-0.05, 0) is 99.2 Å². The Morgan fingerprint density at radius 3 is 2.38 bits per heavy atom. The van der Waals surface area contributed by atoms with Crippen LogP contribution >= 0.6 is 11.6 Å². The first-order valence-electron chi connectivity index (χ1n) is 18.6. The number of carboxylic acid groups (broad SMARTS) is 1. The number of methoxy groups -OCH3 is 2. The van der Waals surface area contributed by atoms with Gasteiger partial charge in [-0.3, -0.25) is 9.59 Å². The SMILES string of the molecule is COc1cc(O[C@H]2CCc3c(-c4cccc(-c5ccc(CNC[C@@H]6CCC(=O)C6)c(OC)n5)c4Cl)cccc32)c(C(F)(F)F)cc1CCCC(C)(C)C(=O)O. The molecule has 1 saturated carbocycles. The number of ketones is 1. The summed E-state index contributed by atoms with van der Waals surface area (Å²) in [5, 5.41) is 13.4. The maximum absolute atomic E-state index is 14.5. The van der Waals surface area contributed by atoms with Crippen molar-refractivity contribution in [1.82, 2.24) is 10.3 Å². The van der Waals surface area contributed by atoms with Gasteiger partial charge in [-0.15, -0.1) is 0 Å². The molecule has 4 aromatic rings. The summed E-state index contributed by atoms with van der Waals surface area (Å²) < 4.78 is 60.9. The van der Waals surface area contributed by atoms with Crippen molar-refractivity contribution in [2.24, 2.45) is 11.3 Å². The molecule has 0 bridgehead atoms. The Kier molecular flexibility index (Phi) is 12.1. The number of aliphatic carboxylic acids is 1. The van der Waals surface area contributed by atoms with Gasteiger partial charge in [-0.1, -0.05) is 54.1 Å². The van der Waals surface area contributed by atoms with E-state index >= 15 is 0 Å². The molecular formula is C43H46ClF3N2O6. The zero-order valence-corrected chi connectivity index (χ0v) is 32.2. The molecule has 12 heteroatoms. The van der Waals surface area contributed by atoms with Crippen LogP contribution in [0.1, 0.15) is 86.3 Å². The number of aryl methyl sites for hydroxylation is 1. The number of nitrogens with zero attached hydrogens (tertiary/aromatic N) is 1. The molecule has 6 rings (SSSR count). The van der Waals surface area contributed by atoms with Gasteiger partial charge < -0.3 is 24.6 Å². The molecule has 0 unspecified atom stereocenters. The fourth-order valence-electron chi connectivity index (χ4n) is 7.63. The standard InChI is InChI=1S/C43H46ClF3N2O6/c1-42(2,41(51)52)19-7-8-26-21-34(43(45,46)47)38(22-37(26)53-3)55-36-18-16-30-29(9-5-10-31(30)36)32-11-6-12-33(39(32)44)35-17-14-27(40(49-35)54-4)24-48-23-25-13-15-28(50)20-25/h5-6,9-12,14,17,21-22,25,36,48H,7-8,13,15-16,18-20,23-24H2,1-4H3,(H,51,52)/t25-,36+/m1/s1. The number of benzene rings is 3. The normalized spacial score (nSPS) is 17.0. The number of hydrogen-bond donors (Lipinski definition) is 2. The number of nitrogens with one attached hydrogen (secondary N) is 1. The van der Waals surface area contributed by atoms with Crippen LogP contribution in [-0.4, -0.2) is 42.6 Å². The zero-order chi connectivity index (χ0) is 39.5. The predicted octanol–water partition coefficient (Wildman–Crippen LogP) is 10.1. The number of rotatable bonds is 15. The molecule has 1 aromatic heterocycles. The van der Waals surface area contributed by atoms with Crippen molar-refractivity contribution >= 4 is 23.4 Å². The number of carboxylic acids is 1. The first-order valence-corrected chi connectivity index (χ1v) is 18.9. The Hall–Kier alpha value is -4.61. The summed E-state index contributed by atoms with van der Waals surface area (Å²) in [6.07, 6.45) is -1.26. The van der Waals surface area contributed by atoms with Crippen molar-refractivity contribution < 1.29 is 42.1 Å². The molecule has 2 aliphatic rings. The number of carbonyl (C=O) groups excluding carboxylic acids is 1. The van der Waals surface area contributed by atoms with Gasteiger partial charge in [-0.2, -0.15) is 13.2 Å². The van der Waals surface area contributed by atoms with Crippen molar-refractivity contribution in [3.63, 3.8) is 0 Å². The summed E-state index contributed by atoms with van der Waals surface area (Å²) in [6, 6.07) is 17.6. The highest BCUT2D eigenvalue weighted by Gasteiger charge is 2.38. The van der Waals surface area contributed by atoms with E-state index in [0.717, 1.165) is 46.8 Å². The van der Waals surface area contributed by atoms with E-state index in [4.69, 9.17) is 30.8 Å². The molecule has 2 aliphatic carbocycles. The molecule has 0 amide bonds. The van der Waals surface area contributed by atoms with Crippen molar-refractivity contribution in [2.45, 2.75) is 84.0 Å². The number of hydrogen-bond acceptors (Lipinski definition) is 7. The largest absolute Gasteiger partial charge is 0.496 e. The van der Waals surface area contributed by atoms with Crippen LogP contribution < -0.4 is 19.5 Å². The molecule has 0 spiro atoms. The quantitative estimate of drug-likeness (QED) is 0.123. The van der Waals surface area contributed by atoms with E-state index in [1.807, 2.05) is 48.5 Å². The van der Waals surface area contributed by atoms with Crippen LogP contribution in [0.5, 0.6) is 17.4 Å². The zero-order valence-electron chi connectivity index (χ0n) is 31.4. The summed E-state index contributed by atoms with van der Waals surface area (Å²) in [5.41, 5.74) is 4.00. The van der Waals surface area contributed by atoms with Gasteiger partial charge in [0, 0.05) is 42.1 Å². The highest BCUT2D eigenvalue weighted by Crippen LogP contribution is 2.47. The van der Waals surface area contributed by atoms with E-state index in [1.54, 1.807) is 21.0 Å². The van der Waals surface area contributed by atoms with E-state index in [1.165, 1.54) is 13.2 Å². The van der Waals surface area contributed by atoms with E-state index in [9.17, 15) is 27.9 Å². The topological polar surface area (TPSA) is 107 Å². The lowest BCUT2D eigenvalue weighted by Crippen LogP contribution is -2.23. The Balaban J connectivity index is 1.23. The Morgan fingerprint density at radius 1 is 0.945 bits per heavy atom. The molecule has 2 atom stereocenters. The van der Waals surface area contributed by atoms with Crippen LogP contribution in [-0.2, 0) is 35.2 Å². The second-order valence-corrected chi connectivity index (χ2v) is 15.4. The van der Waals surface area contributed by atoms with Crippen molar-refractivity contribution in [1.29, 1.82) is 0 Å². The highest BCUT2D eigenvalue weighted by molar-refractivity contribution is 6.36. The summed E-state index contributed by atoms with van der Waals surface area (Å²) in [6.45, 7) is 4.48. The van der Waals surface area contributed by atoms with Crippen molar-refractivity contribution in [2.75, 3.05) is 20.8 Å². The Bertz CT molecular complexity index is 2070. The first-order chi connectivity index (χ1) is 26.2. The average molecular weight is 779 g/mol. The summed E-state index contributed by atoms with van der Waals surface area (Å²) in [7, 11) is 2.97.